The van der Waals surface area contributed by atoms with E-state index < -0.39 is 5.97 Å². The number of carbonyl (C=O) groups is 1. The summed E-state index contributed by atoms with van der Waals surface area (Å²) < 4.78 is 6.88. The van der Waals surface area contributed by atoms with E-state index >= 15 is 0 Å². The third-order valence-corrected chi connectivity index (χ3v) is 3.90. The van der Waals surface area contributed by atoms with Gasteiger partial charge in [0.1, 0.15) is 5.75 Å². The van der Waals surface area contributed by atoms with Gasteiger partial charge in [0.15, 0.2) is 0 Å². The number of carboxylic acid groups (broad SMARTS) is 1. The minimum atomic E-state index is -1.02. The van der Waals surface area contributed by atoms with Gasteiger partial charge in [0, 0.05) is 22.7 Å². The van der Waals surface area contributed by atoms with Gasteiger partial charge in [-0.1, -0.05) is 17.4 Å². The van der Waals surface area contributed by atoms with Crippen LogP contribution >= 0.6 is 11.3 Å². The molecule has 1 aromatic carbocycles. The lowest BCUT2D eigenvalue weighted by Gasteiger charge is -2.09. The second-order valence-corrected chi connectivity index (χ2v) is 5.30. The minimum absolute atomic E-state index is 0.00838. The van der Waals surface area contributed by atoms with Gasteiger partial charge in [0.25, 0.3) is 0 Å². The van der Waals surface area contributed by atoms with Crippen LogP contribution in [0.4, 0.5) is 0 Å². The lowest BCUT2D eigenvalue weighted by atomic mass is 10.1. The average molecular weight is 305 g/mol. The predicted octanol–water partition coefficient (Wildman–Crippen LogP) is 2.37. The van der Waals surface area contributed by atoms with Crippen molar-refractivity contribution in [2.24, 2.45) is 0 Å². The number of hydrogen-bond donors (Lipinski definition) is 1. The number of ether oxygens (including phenoxy) is 1. The number of aryl methyl sites for hydroxylation is 1. The Morgan fingerprint density at radius 2 is 2.24 bits per heavy atom. The van der Waals surface area contributed by atoms with Crippen LogP contribution in [0.1, 0.15) is 16.8 Å². The quantitative estimate of drug-likeness (QED) is 0.861. The highest BCUT2D eigenvalue weighted by molar-refractivity contribution is 7.07. The van der Waals surface area contributed by atoms with Gasteiger partial charge in [-0.2, -0.15) is 0 Å². The number of methoxy groups -OCH3 is 1. The van der Waals surface area contributed by atoms with Gasteiger partial charge in [-0.25, -0.2) is 4.79 Å². The molecule has 0 amide bonds. The smallest absolute Gasteiger partial charge is 0.328 e. The second-order valence-electron chi connectivity index (χ2n) is 4.48. The highest BCUT2D eigenvalue weighted by Gasteiger charge is 2.06. The van der Waals surface area contributed by atoms with E-state index in [0.717, 1.165) is 17.3 Å². The molecule has 0 aliphatic carbocycles. The lowest BCUT2D eigenvalue weighted by Crippen LogP contribution is -2.15. The van der Waals surface area contributed by atoms with E-state index in [2.05, 4.69) is 0 Å². The normalized spacial score (nSPS) is 11.0. The molecule has 21 heavy (non-hydrogen) atoms. The van der Waals surface area contributed by atoms with Crippen LogP contribution in [0.15, 0.2) is 34.4 Å². The van der Waals surface area contributed by atoms with Crippen LogP contribution in [0.3, 0.4) is 0 Å². The van der Waals surface area contributed by atoms with Gasteiger partial charge < -0.3 is 9.84 Å². The molecule has 0 bridgehead atoms. The summed E-state index contributed by atoms with van der Waals surface area (Å²) in [5.41, 5.74) is 2.48. The third-order valence-electron chi connectivity index (χ3n) is 3.02. The molecular formula is C15H15NO4S. The molecule has 1 aromatic heterocycles. The number of carboxylic acids is 1. The predicted molar refractivity (Wildman–Crippen MR) is 82.1 cm³/mol. The zero-order valence-corrected chi connectivity index (χ0v) is 12.5. The monoisotopic (exact) mass is 305 g/mol. The van der Waals surface area contributed by atoms with Crippen molar-refractivity contribution in [3.8, 4) is 5.75 Å². The SMILES string of the molecule is COc1ccc(Cn2c(C)csc2=O)cc1C=CC(=O)O. The van der Waals surface area contributed by atoms with Crippen LogP contribution in [0, 0.1) is 6.92 Å². The molecule has 2 aromatic rings. The van der Waals surface area contributed by atoms with Crippen LogP contribution in [0.5, 0.6) is 5.75 Å². The molecule has 0 radical (unpaired) electrons. The number of benzene rings is 1. The molecule has 0 aliphatic heterocycles. The summed E-state index contributed by atoms with van der Waals surface area (Å²) in [6.07, 6.45) is 2.54. The first kappa shape index (κ1) is 15.1. The van der Waals surface area contributed by atoms with Crippen molar-refractivity contribution in [1.82, 2.24) is 4.57 Å². The zero-order valence-electron chi connectivity index (χ0n) is 11.7. The molecule has 0 unspecified atom stereocenters. The largest absolute Gasteiger partial charge is 0.496 e. The Morgan fingerprint density at radius 3 is 2.81 bits per heavy atom. The summed E-state index contributed by atoms with van der Waals surface area (Å²) in [5.74, 6) is -0.432. The Balaban J connectivity index is 2.35. The van der Waals surface area contributed by atoms with Gasteiger partial charge in [-0.3, -0.25) is 9.36 Å². The Kier molecular flexibility index (Phi) is 4.59. The van der Waals surface area contributed by atoms with E-state index in [0.29, 0.717) is 17.9 Å². The number of aromatic nitrogens is 1. The highest BCUT2D eigenvalue weighted by atomic mass is 32.1. The standard InChI is InChI=1S/C15H15NO4S/c1-10-9-21-15(19)16(10)8-11-3-5-13(20-2)12(7-11)4-6-14(17)18/h3-7,9H,8H2,1-2H3,(H,17,18). The minimum Gasteiger partial charge on any atom is -0.496 e. The average Bonchev–Trinajstić information content (AvgIpc) is 2.77. The Hall–Kier alpha value is -2.34. The third kappa shape index (κ3) is 3.61. The van der Waals surface area contributed by atoms with E-state index in [1.54, 1.807) is 10.6 Å². The van der Waals surface area contributed by atoms with Crippen molar-refractivity contribution in [2.45, 2.75) is 13.5 Å². The van der Waals surface area contributed by atoms with Crippen molar-refractivity contribution in [3.63, 3.8) is 0 Å². The maximum atomic E-state index is 11.7. The highest BCUT2D eigenvalue weighted by Crippen LogP contribution is 2.22. The Bertz CT molecular complexity index is 742. The summed E-state index contributed by atoms with van der Waals surface area (Å²) in [6.45, 7) is 2.33. The van der Waals surface area contributed by atoms with Gasteiger partial charge in [0.05, 0.1) is 13.7 Å². The molecule has 0 fully saturated rings. The fourth-order valence-electron chi connectivity index (χ4n) is 1.95. The van der Waals surface area contributed by atoms with Crippen LogP contribution in [0.2, 0.25) is 0 Å². The fourth-order valence-corrected chi connectivity index (χ4v) is 2.69. The van der Waals surface area contributed by atoms with Crippen molar-refractivity contribution >= 4 is 23.4 Å². The van der Waals surface area contributed by atoms with Crippen molar-refractivity contribution in [2.75, 3.05) is 7.11 Å². The first-order chi connectivity index (χ1) is 10.0. The van der Waals surface area contributed by atoms with Crippen molar-refractivity contribution < 1.29 is 14.6 Å². The van der Waals surface area contributed by atoms with Crippen molar-refractivity contribution in [1.29, 1.82) is 0 Å². The summed E-state index contributed by atoms with van der Waals surface area (Å²) in [5, 5.41) is 10.5. The lowest BCUT2D eigenvalue weighted by molar-refractivity contribution is -0.131. The Labute approximate surface area is 125 Å². The molecule has 1 heterocycles. The molecule has 0 spiro atoms. The molecule has 1 N–H and O–H groups in total. The van der Waals surface area contributed by atoms with E-state index in [1.807, 2.05) is 24.4 Å². The Morgan fingerprint density at radius 1 is 1.48 bits per heavy atom. The summed E-state index contributed by atoms with van der Waals surface area (Å²) in [4.78, 5) is 22.4. The van der Waals surface area contributed by atoms with Gasteiger partial charge >= 0.3 is 10.8 Å². The van der Waals surface area contributed by atoms with E-state index in [1.165, 1.54) is 24.5 Å². The van der Waals surface area contributed by atoms with Gasteiger partial charge in [-0.05, 0) is 30.7 Å². The molecule has 0 saturated heterocycles. The fraction of sp³-hybridized carbons (Fsp3) is 0.200. The topological polar surface area (TPSA) is 68.5 Å². The molecule has 0 atom stereocenters. The summed E-state index contributed by atoms with van der Waals surface area (Å²) >= 11 is 1.17. The second kappa shape index (κ2) is 6.41. The van der Waals surface area contributed by atoms with Crippen LogP contribution in [0.25, 0.3) is 6.08 Å². The molecule has 110 valence electrons. The van der Waals surface area contributed by atoms with E-state index in [-0.39, 0.29) is 4.87 Å². The van der Waals surface area contributed by atoms with Crippen LogP contribution in [-0.4, -0.2) is 22.8 Å². The molecule has 6 heteroatoms. The maximum absolute atomic E-state index is 11.7. The molecule has 2 rings (SSSR count). The summed E-state index contributed by atoms with van der Waals surface area (Å²) in [7, 11) is 1.53. The molecule has 0 aliphatic rings. The number of nitrogens with zero attached hydrogens (tertiary/aromatic N) is 1. The number of thiazole rings is 1. The van der Waals surface area contributed by atoms with E-state index in [4.69, 9.17) is 9.84 Å². The number of aliphatic carboxylic acids is 1. The first-order valence-corrected chi connectivity index (χ1v) is 7.12. The van der Waals surface area contributed by atoms with E-state index in [9.17, 15) is 9.59 Å². The summed E-state index contributed by atoms with van der Waals surface area (Å²) in [6, 6.07) is 5.45. The molecule has 0 saturated carbocycles. The molecule has 5 nitrogen and oxygen atoms in total. The van der Waals surface area contributed by atoms with Crippen LogP contribution in [-0.2, 0) is 11.3 Å². The van der Waals surface area contributed by atoms with Crippen molar-refractivity contribution in [3.05, 3.63) is 56.1 Å². The van der Waals surface area contributed by atoms with Gasteiger partial charge in [0.2, 0.25) is 0 Å². The number of hydrogen-bond acceptors (Lipinski definition) is 4. The zero-order chi connectivity index (χ0) is 15.4. The van der Waals surface area contributed by atoms with Crippen LogP contribution < -0.4 is 9.61 Å². The van der Waals surface area contributed by atoms with Gasteiger partial charge in [-0.15, -0.1) is 0 Å². The molecular weight excluding hydrogens is 290 g/mol. The first-order valence-electron chi connectivity index (χ1n) is 6.24. The number of rotatable bonds is 5. The maximum Gasteiger partial charge on any atom is 0.328 e.